The van der Waals surface area contributed by atoms with Gasteiger partial charge in [-0.05, 0) is 31.3 Å². The van der Waals surface area contributed by atoms with Crippen LogP contribution in [-0.4, -0.2) is 13.1 Å². The van der Waals surface area contributed by atoms with E-state index in [-0.39, 0.29) is 24.8 Å². The fraction of sp³-hybridized carbons (Fsp3) is 1.00. The molecule has 0 fully saturated rings. The molecular weight excluding hydrogens is 183 g/mol. The largest absolute Gasteiger partial charge is 0.330 e. The van der Waals surface area contributed by atoms with Crippen LogP contribution in [0.15, 0.2) is 0 Å². The molecule has 0 radical (unpaired) electrons. The molecule has 72 valence electrons. The minimum absolute atomic E-state index is 0. The zero-order valence-electron chi connectivity index (χ0n) is 7.25. The smallest absolute Gasteiger partial charge is 0.00367 e. The van der Waals surface area contributed by atoms with Crippen LogP contribution in [0.3, 0.4) is 0 Å². The maximum atomic E-state index is 5.45. The van der Waals surface area contributed by atoms with Crippen molar-refractivity contribution in [2.24, 2.45) is 23.3 Å². The second-order valence-electron chi connectivity index (χ2n) is 2.97. The van der Waals surface area contributed by atoms with Gasteiger partial charge in [-0.3, -0.25) is 0 Å². The van der Waals surface area contributed by atoms with Gasteiger partial charge >= 0.3 is 0 Å². The van der Waals surface area contributed by atoms with Gasteiger partial charge in [-0.25, -0.2) is 0 Å². The molecule has 0 saturated carbocycles. The first-order valence-electron chi connectivity index (χ1n) is 3.60. The monoisotopic (exact) mass is 202 g/mol. The van der Waals surface area contributed by atoms with Gasteiger partial charge in [-0.1, -0.05) is 13.8 Å². The Morgan fingerprint density at radius 2 is 1.36 bits per heavy atom. The van der Waals surface area contributed by atoms with Crippen molar-refractivity contribution in [3.8, 4) is 0 Å². The van der Waals surface area contributed by atoms with Crippen LogP contribution >= 0.6 is 24.8 Å². The standard InChI is InChI=1S/C7H18N2.2ClH/c1-6(2)3-7(4-8)5-9;;/h6-7H,3-5,8-9H2,1-2H3;2*1H. The molecule has 11 heavy (non-hydrogen) atoms. The number of rotatable bonds is 4. The first kappa shape index (κ1) is 17.5. The Kier molecular flexibility index (Phi) is 16.8. The third-order valence-electron chi connectivity index (χ3n) is 1.47. The van der Waals surface area contributed by atoms with E-state index in [0.717, 1.165) is 25.4 Å². The van der Waals surface area contributed by atoms with E-state index in [1.54, 1.807) is 0 Å². The lowest BCUT2D eigenvalue weighted by molar-refractivity contribution is 0.425. The molecule has 0 heterocycles. The highest BCUT2D eigenvalue weighted by atomic mass is 35.5. The Bertz CT molecular complexity index is 65.5. The summed E-state index contributed by atoms with van der Waals surface area (Å²) < 4.78 is 0. The van der Waals surface area contributed by atoms with Crippen LogP contribution < -0.4 is 11.5 Å². The van der Waals surface area contributed by atoms with Gasteiger partial charge in [0.1, 0.15) is 0 Å². The van der Waals surface area contributed by atoms with Gasteiger partial charge in [0.2, 0.25) is 0 Å². The second-order valence-corrected chi connectivity index (χ2v) is 2.97. The molecule has 2 nitrogen and oxygen atoms in total. The van der Waals surface area contributed by atoms with E-state index >= 15 is 0 Å². The topological polar surface area (TPSA) is 52.0 Å². The van der Waals surface area contributed by atoms with Gasteiger partial charge in [-0.15, -0.1) is 24.8 Å². The van der Waals surface area contributed by atoms with E-state index in [2.05, 4.69) is 13.8 Å². The SMILES string of the molecule is CC(C)CC(CN)CN.Cl.Cl. The lowest BCUT2D eigenvalue weighted by Crippen LogP contribution is -2.24. The normalized spacial score (nSPS) is 9.27. The first-order chi connectivity index (χ1) is 4.20. The molecule has 0 aromatic heterocycles. The summed E-state index contributed by atoms with van der Waals surface area (Å²) in [6.45, 7) is 5.85. The summed E-state index contributed by atoms with van der Waals surface area (Å²) in [6, 6.07) is 0. The van der Waals surface area contributed by atoms with Crippen LogP contribution in [0.1, 0.15) is 20.3 Å². The van der Waals surface area contributed by atoms with Crippen LogP contribution in [0.5, 0.6) is 0 Å². The van der Waals surface area contributed by atoms with Crippen molar-refractivity contribution in [2.75, 3.05) is 13.1 Å². The molecule has 0 aromatic rings. The van der Waals surface area contributed by atoms with Crippen molar-refractivity contribution in [1.82, 2.24) is 0 Å². The molecule has 4 N–H and O–H groups in total. The third kappa shape index (κ3) is 10.5. The molecule has 0 aliphatic rings. The molecule has 0 aliphatic heterocycles. The number of nitrogens with two attached hydrogens (primary N) is 2. The van der Waals surface area contributed by atoms with Crippen LogP contribution in [-0.2, 0) is 0 Å². The Labute approximate surface area is 81.9 Å². The average Bonchev–Trinajstić information content (AvgIpc) is 1.82. The van der Waals surface area contributed by atoms with E-state index < -0.39 is 0 Å². The van der Waals surface area contributed by atoms with Crippen LogP contribution in [0.25, 0.3) is 0 Å². The van der Waals surface area contributed by atoms with E-state index in [1.165, 1.54) is 0 Å². The zero-order chi connectivity index (χ0) is 7.28. The maximum Gasteiger partial charge on any atom is -0.00367 e. The van der Waals surface area contributed by atoms with Crippen LogP contribution in [0.2, 0.25) is 0 Å². The van der Waals surface area contributed by atoms with Gasteiger partial charge in [-0.2, -0.15) is 0 Å². The Morgan fingerprint density at radius 3 is 1.45 bits per heavy atom. The molecule has 0 aliphatic carbocycles. The summed E-state index contributed by atoms with van der Waals surface area (Å²) in [5, 5.41) is 0. The van der Waals surface area contributed by atoms with Gasteiger partial charge in [0.25, 0.3) is 0 Å². The average molecular weight is 203 g/mol. The minimum Gasteiger partial charge on any atom is -0.330 e. The van der Waals surface area contributed by atoms with Crippen LogP contribution in [0, 0.1) is 11.8 Å². The fourth-order valence-corrected chi connectivity index (χ4v) is 0.955. The van der Waals surface area contributed by atoms with E-state index in [0.29, 0.717) is 5.92 Å². The molecule has 0 saturated heterocycles. The summed E-state index contributed by atoms with van der Waals surface area (Å²) in [5.74, 6) is 1.26. The van der Waals surface area contributed by atoms with Crippen molar-refractivity contribution in [1.29, 1.82) is 0 Å². The summed E-state index contributed by atoms with van der Waals surface area (Å²) in [6.07, 6.45) is 1.16. The zero-order valence-corrected chi connectivity index (χ0v) is 8.88. The molecule has 4 heteroatoms. The van der Waals surface area contributed by atoms with E-state index in [9.17, 15) is 0 Å². The second kappa shape index (κ2) is 10.5. The summed E-state index contributed by atoms with van der Waals surface area (Å²) >= 11 is 0. The van der Waals surface area contributed by atoms with Crippen molar-refractivity contribution >= 4 is 24.8 Å². The molecule has 0 atom stereocenters. The number of halogens is 2. The molecule has 0 bridgehead atoms. The Hall–Kier alpha value is 0.500. The quantitative estimate of drug-likeness (QED) is 0.725. The lowest BCUT2D eigenvalue weighted by Gasteiger charge is -2.13. The van der Waals surface area contributed by atoms with Gasteiger partial charge in [0.05, 0.1) is 0 Å². The lowest BCUT2D eigenvalue weighted by atomic mass is 9.98. The highest BCUT2D eigenvalue weighted by Gasteiger charge is 2.05. The summed E-state index contributed by atoms with van der Waals surface area (Å²) in [7, 11) is 0. The minimum atomic E-state index is 0. The van der Waals surface area contributed by atoms with Crippen molar-refractivity contribution in [3.63, 3.8) is 0 Å². The predicted octanol–water partition coefficient (Wildman–Crippen LogP) is 1.41. The predicted molar refractivity (Wildman–Crippen MR) is 55.5 cm³/mol. The molecule has 0 aromatic carbocycles. The van der Waals surface area contributed by atoms with Crippen molar-refractivity contribution in [3.05, 3.63) is 0 Å². The Morgan fingerprint density at radius 1 is 1.00 bits per heavy atom. The molecular formula is C7H20Cl2N2. The van der Waals surface area contributed by atoms with Crippen molar-refractivity contribution < 1.29 is 0 Å². The third-order valence-corrected chi connectivity index (χ3v) is 1.47. The molecule has 0 spiro atoms. The van der Waals surface area contributed by atoms with E-state index in [4.69, 9.17) is 11.5 Å². The maximum absolute atomic E-state index is 5.45. The fourth-order valence-electron chi connectivity index (χ4n) is 0.955. The summed E-state index contributed by atoms with van der Waals surface area (Å²) in [5.41, 5.74) is 10.9. The molecule has 0 unspecified atom stereocenters. The van der Waals surface area contributed by atoms with Gasteiger partial charge in [0.15, 0.2) is 0 Å². The summed E-state index contributed by atoms with van der Waals surface area (Å²) in [4.78, 5) is 0. The van der Waals surface area contributed by atoms with Gasteiger partial charge in [0, 0.05) is 0 Å². The van der Waals surface area contributed by atoms with Crippen molar-refractivity contribution in [2.45, 2.75) is 20.3 Å². The molecule has 0 rings (SSSR count). The molecule has 0 amide bonds. The van der Waals surface area contributed by atoms with Crippen LogP contribution in [0.4, 0.5) is 0 Å². The number of hydrogen-bond acceptors (Lipinski definition) is 2. The Balaban J connectivity index is -0.000000320. The van der Waals surface area contributed by atoms with E-state index in [1.807, 2.05) is 0 Å². The highest BCUT2D eigenvalue weighted by Crippen LogP contribution is 2.07. The highest BCUT2D eigenvalue weighted by molar-refractivity contribution is 5.85. The van der Waals surface area contributed by atoms with Gasteiger partial charge < -0.3 is 11.5 Å². The number of hydrogen-bond donors (Lipinski definition) is 2. The first-order valence-corrected chi connectivity index (χ1v) is 3.60.